The fourth-order valence-electron chi connectivity index (χ4n) is 2.11. The van der Waals surface area contributed by atoms with Crippen LogP contribution in [-0.4, -0.2) is 21.0 Å². The van der Waals surface area contributed by atoms with Crippen molar-refractivity contribution in [3.05, 3.63) is 54.5 Å². The number of hydrogen-bond donors (Lipinski definition) is 3. The van der Waals surface area contributed by atoms with Crippen molar-refractivity contribution in [2.75, 3.05) is 11.1 Å². The number of benzene rings is 1. The molecule has 3 rings (SSSR count). The van der Waals surface area contributed by atoms with E-state index in [9.17, 15) is 4.79 Å². The van der Waals surface area contributed by atoms with Crippen LogP contribution >= 0.6 is 0 Å². The Kier molecular flexibility index (Phi) is 3.12. The third-order valence-corrected chi connectivity index (χ3v) is 3.16. The highest BCUT2D eigenvalue weighted by Crippen LogP contribution is 2.28. The van der Waals surface area contributed by atoms with E-state index in [0.717, 1.165) is 16.5 Å². The number of carboxylic acids is 1. The molecule has 0 spiro atoms. The van der Waals surface area contributed by atoms with E-state index in [2.05, 4.69) is 15.3 Å². The van der Waals surface area contributed by atoms with Crippen molar-refractivity contribution >= 4 is 33.9 Å². The molecule has 6 heteroatoms. The number of hydrogen-bond acceptors (Lipinski definition) is 5. The summed E-state index contributed by atoms with van der Waals surface area (Å²) in [6, 6.07) is 8.98. The molecular formula is C15H12N4O2. The third kappa shape index (κ3) is 2.34. The molecule has 3 aromatic rings. The van der Waals surface area contributed by atoms with Crippen molar-refractivity contribution < 1.29 is 9.90 Å². The minimum absolute atomic E-state index is 0.0193. The average Bonchev–Trinajstić information content (AvgIpc) is 2.49. The standard InChI is InChI=1S/C15H12N4O2/c16-13-10(15(20)21)5-7-18-14(13)19-12-3-1-2-9-4-6-17-8-11(9)12/h1-8H,16H2,(H,18,19)(H,20,21). The molecule has 6 nitrogen and oxygen atoms in total. The molecule has 0 fully saturated rings. The lowest BCUT2D eigenvalue weighted by molar-refractivity contribution is 0.0698. The number of aromatic nitrogens is 2. The van der Waals surface area contributed by atoms with E-state index in [-0.39, 0.29) is 11.3 Å². The summed E-state index contributed by atoms with van der Waals surface area (Å²) in [6.07, 6.45) is 4.85. The maximum atomic E-state index is 11.1. The molecule has 0 bridgehead atoms. The Balaban J connectivity index is 2.07. The van der Waals surface area contributed by atoms with E-state index >= 15 is 0 Å². The lowest BCUT2D eigenvalue weighted by atomic mass is 10.1. The quantitative estimate of drug-likeness (QED) is 0.681. The average molecular weight is 280 g/mol. The largest absolute Gasteiger partial charge is 0.478 e. The zero-order chi connectivity index (χ0) is 14.8. The lowest BCUT2D eigenvalue weighted by Crippen LogP contribution is -2.07. The fraction of sp³-hybridized carbons (Fsp3) is 0. The molecule has 0 amide bonds. The molecule has 0 radical (unpaired) electrons. The SMILES string of the molecule is Nc1c(C(=O)O)ccnc1Nc1cccc2ccncc12. The van der Waals surface area contributed by atoms with Crippen molar-refractivity contribution in [1.82, 2.24) is 9.97 Å². The van der Waals surface area contributed by atoms with Crippen LogP contribution in [0, 0.1) is 0 Å². The number of aromatic carboxylic acids is 1. The minimum Gasteiger partial charge on any atom is -0.478 e. The first-order valence-electron chi connectivity index (χ1n) is 6.24. The van der Waals surface area contributed by atoms with E-state index in [0.29, 0.717) is 5.82 Å². The van der Waals surface area contributed by atoms with Gasteiger partial charge in [0.15, 0.2) is 5.82 Å². The lowest BCUT2D eigenvalue weighted by Gasteiger charge is -2.11. The Bertz CT molecular complexity index is 828. The highest BCUT2D eigenvalue weighted by atomic mass is 16.4. The van der Waals surface area contributed by atoms with Crippen LogP contribution in [0.1, 0.15) is 10.4 Å². The molecule has 0 atom stereocenters. The first kappa shape index (κ1) is 12.9. The number of nitrogens with zero attached hydrogens (tertiary/aromatic N) is 2. The summed E-state index contributed by atoms with van der Waals surface area (Å²) in [4.78, 5) is 19.3. The Hall–Kier alpha value is -3.15. The fourth-order valence-corrected chi connectivity index (χ4v) is 2.11. The first-order chi connectivity index (χ1) is 10.2. The number of rotatable bonds is 3. The first-order valence-corrected chi connectivity index (χ1v) is 6.24. The monoisotopic (exact) mass is 280 g/mol. The molecule has 0 aliphatic rings. The number of fused-ring (bicyclic) bond motifs is 1. The van der Waals surface area contributed by atoms with Gasteiger partial charge in [-0.2, -0.15) is 0 Å². The molecule has 0 saturated carbocycles. The van der Waals surface area contributed by atoms with Crippen molar-refractivity contribution in [1.29, 1.82) is 0 Å². The Morgan fingerprint density at radius 3 is 2.86 bits per heavy atom. The molecule has 0 unspecified atom stereocenters. The van der Waals surface area contributed by atoms with Crippen molar-refractivity contribution in [3.8, 4) is 0 Å². The molecule has 21 heavy (non-hydrogen) atoms. The summed E-state index contributed by atoms with van der Waals surface area (Å²) in [5, 5.41) is 14.1. The summed E-state index contributed by atoms with van der Waals surface area (Å²) in [5.74, 6) is -0.774. The van der Waals surface area contributed by atoms with E-state index in [1.54, 1.807) is 12.4 Å². The molecule has 0 aliphatic carbocycles. The Morgan fingerprint density at radius 2 is 2.05 bits per heavy atom. The Labute approximate surface area is 120 Å². The molecule has 2 heterocycles. The van der Waals surface area contributed by atoms with Gasteiger partial charge < -0.3 is 16.2 Å². The van der Waals surface area contributed by atoms with Gasteiger partial charge >= 0.3 is 5.97 Å². The van der Waals surface area contributed by atoms with Gasteiger partial charge in [-0.3, -0.25) is 4.98 Å². The maximum Gasteiger partial charge on any atom is 0.337 e. The minimum atomic E-state index is -1.09. The number of nitrogen functional groups attached to an aromatic ring is 1. The van der Waals surface area contributed by atoms with Crippen LogP contribution in [-0.2, 0) is 0 Å². The van der Waals surface area contributed by atoms with Crippen molar-refractivity contribution in [2.24, 2.45) is 0 Å². The molecule has 4 N–H and O–H groups in total. The summed E-state index contributed by atoms with van der Waals surface area (Å²) >= 11 is 0. The smallest absolute Gasteiger partial charge is 0.337 e. The van der Waals surface area contributed by atoms with E-state index < -0.39 is 5.97 Å². The van der Waals surface area contributed by atoms with Gasteiger partial charge in [-0.05, 0) is 23.6 Å². The number of carbonyl (C=O) groups is 1. The van der Waals surface area contributed by atoms with E-state index in [1.165, 1.54) is 12.3 Å². The summed E-state index contributed by atoms with van der Waals surface area (Å²) in [6.45, 7) is 0. The van der Waals surface area contributed by atoms with Gasteiger partial charge in [0.05, 0.1) is 11.3 Å². The number of nitrogens with one attached hydrogen (secondary N) is 1. The maximum absolute atomic E-state index is 11.1. The van der Waals surface area contributed by atoms with Crippen molar-refractivity contribution in [3.63, 3.8) is 0 Å². The van der Waals surface area contributed by atoms with Crippen molar-refractivity contribution in [2.45, 2.75) is 0 Å². The zero-order valence-corrected chi connectivity index (χ0v) is 10.9. The number of nitrogens with two attached hydrogens (primary N) is 1. The van der Waals surface area contributed by atoms with Gasteiger partial charge in [0.25, 0.3) is 0 Å². The highest BCUT2D eigenvalue weighted by Gasteiger charge is 2.13. The molecule has 1 aromatic carbocycles. The summed E-state index contributed by atoms with van der Waals surface area (Å²) in [5.41, 5.74) is 6.74. The second-order valence-corrected chi connectivity index (χ2v) is 4.45. The molecular weight excluding hydrogens is 268 g/mol. The molecule has 0 saturated heterocycles. The van der Waals surface area contributed by atoms with E-state index in [1.807, 2.05) is 24.3 Å². The van der Waals surface area contributed by atoms with Gasteiger partial charge in [-0.15, -0.1) is 0 Å². The predicted molar refractivity (Wildman–Crippen MR) is 80.6 cm³/mol. The van der Waals surface area contributed by atoms with Gasteiger partial charge in [0.1, 0.15) is 0 Å². The number of pyridine rings is 2. The van der Waals surface area contributed by atoms with Crippen LogP contribution in [0.15, 0.2) is 48.9 Å². The van der Waals surface area contributed by atoms with Crippen LogP contribution in [0.5, 0.6) is 0 Å². The van der Waals surface area contributed by atoms with Crippen LogP contribution < -0.4 is 11.1 Å². The second-order valence-electron chi connectivity index (χ2n) is 4.45. The van der Waals surface area contributed by atoms with Crippen LogP contribution in [0.4, 0.5) is 17.2 Å². The molecule has 2 aromatic heterocycles. The number of anilines is 3. The highest BCUT2D eigenvalue weighted by molar-refractivity contribution is 5.99. The zero-order valence-electron chi connectivity index (χ0n) is 10.9. The van der Waals surface area contributed by atoms with Crippen LogP contribution in [0.2, 0.25) is 0 Å². The second kappa shape index (κ2) is 5.09. The number of carboxylic acid groups (broad SMARTS) is 1. The van der Waals surface area contributed by atoms with Gasteiger partial charge in [-0.25, -0.2) is 9.78 Å². The van der Waals surface area contributed by atoms with E-state index in [4.69, 9.17) is 10.8 Å². The van der Waals surface area contributed by atoms with Crippen LogP contribution in [0.25, 0.3) is 10.8 Å². The summed E-state index contributed by atoms with van der Waals surface area (Å²) in [7, 11) is 0. The predicted octanol–water partition coefficient (Wildman–Crippen LogP) is 2.65. The third-order valence-electron chi connectivity index (χ3n) is 3.16. The Morgan fingerprint density at radius 1 is 1.19 bits per heavy atom. The topological polar surface area (TPSA) is 101 Å². The van der Waals surface area contributed by atoms with Gasteiger partial charge in [0, 0.05) is 29.7 Å². The summed E-state index contributed by atoms with van der Waals surface area (Å²) < 4.78 is 0. The normalized spacial score (nSPS) is 10.5. The van der Waals surface area contributed by atoms with Gasteiger partial charge in [-0.1, -0.05) is 12.1 Å². The molecule has 0 aliphatic heterocycles. The van der Waals surface area contributed by atoms with Crippen LogP contribution in [0.3, 0.4) is 0 Å². The molecule has 104 valence electrons. The van der Waals surface area contributed by atoms with Gasteiger partial charge in [0.2, 0.25) is 0 Å².